The van der Waals surface area contributed by atoms with E-state index in [-0.39, 0.29) is 114 Å². The van der Waals surface area contributed by atoms with E-state index >= 15 is 0 Å². The molecular weight excluding hydrogens is 1890 g/mol. The highest BCUT2D eigenvalue weighted by Crippen LogP contribution is 2.40. The van der Waals surface area contributed by atoms with Crippen LogP contribution in [0.2, 0.25) is 0 Å². The molecule has 4 unspecified atom stereocenters. The number of carbonyl (C=O) groups excluding carboxylic acids is 12. The maximum absolute atomic E-state index is 12.6. The van der Waals surface area contributed by atoms with E-state index in [2.05, 4.69) is 27.7 Å². The minimum absolute atomic E-state index is 0.0115. The van der Waals surface area contributed by atoms with Crippen molar-refractivity contribution in [3.8, 4) is 28.7 Å². The van der Waals surface area contributed by atoms with Crippen LogP contribution in [0, 0.1) is 66.1 Å². The highest BCUT2D eigenvalue weighted by Gasteiger charge is 2.42. The zero-order valence-electron chi connectivity index (χ0n) is 88.6. The van der Waals surface area contributed by atoms with Crippen LogP contribution >= 0.6 is 0 Å². The van der Waals surface area contributed by atoms with E-state index in [0.29, 0.717) is 105 Å². The maximum Gasteiger partial charge on any atom is 0.339 e. The molecule has 24 nitrogen and oxygen atoms in total. The number of benzene rings is 7. The highest BCUT2D eigenvalue weighted by molar-refractivity contribution is 6.04. The molecule has 7 aromatic carbocycles. The summed E-state index contributed by atoms with van der Waals surface area (Å²) >= 11 is 0. The number of para-hydroxylation sites is 3. The summed E-state index contributed by atoms with van der Waals surface area (Å²) in [6.45, 7) is 10.8. The van der Waals surface area contributed by atoms with Gasteiger partial charge in [0.25, 0.3) is 0 Å². The summed E-state index contributed by atoms with van der Waals surface area (Å²) in [5.74, 6) is 0.0120. The van der Waals surface area contributed by atoms with E-state index in [1.807, 2.05) is 61.5 Å². The Morgan fingerprint density at radius 1 is 0.188 bits per heavy atom. The van der Waals surface area contributed by atoms with Crippen LogP contribution in [-0.4, -0.2) is 114 Å². The second-order valence-corrected chi connectivity index (χ2v) is 43.5. The molecule has 11 saturated carbocycles. The fraction of sp³-hybridized carbons (Fsp3) is 0.568. The number of ether oxygens (including phenoxy) is 12. The van der Waals surface area contributed by atoms with Gasteiger partial charge in [-0.25, -0.2) is 28.8 Å². The molecule has 0 N–H and O–H groups in total. The third kappa shape index (κ3) is 37.9. The molecule has 0 radical (unpaired) electrons. The van der Waals surface area contributed by atoms with Crippen LogP contribution in [0.5, 0.6) is 28.7 Å². The van der Waals surface area contributed by atoms with Crippen molar-refractivity contribution in [2.24, 2.45) is 59.2 Å². The lowest BCUT2D eigenvalue weighted by molar-refractivity contribution is -0.164. The second kappa shape index (κ2) is 60.9. The predicted octanol–water partition coefficient (Wildman–Crippen LogP) is 28.2. The zero-order chi connectivity index (χ0) is 105. The van der Waals surface area contributed by atoms with E-state index in [0.717, 1.165) is 269 Å². The van der Waals surface area contributed by atoms with E-state index < -0.39 is 35.7 Å². The summed E-state index contributed by atoms with van der Waals surface area (Å²) in [5, 5.41) is 0. The molecule has 0 aromatic heterocycles. The first-order chi connectivity index (χ1) is 72.4. The van der Waals surface area contributed by atoms with E-state index in [4.69, 9.17) is 56.8 Å². The third-order valence-corrected chi connectivity index (χ3v) is 31.5. The van der Waals surface area contributed by atoms with Crippen molar-refractivity contribution in [2.75, 3.05) is 0 Å². The predicted molar refractivity (Wildman–Crippen MR) is 567 cm³/mol. The molecule has 0 aliphatic heterocycles. The molecular formula is C125H160O24. The lowest BCUT2D eigenvalue weighted by Crippen LogP contribution is -2.37. The van der Waals surface area contributed by atoms with Crippen LogP contribution in [0.4, 0.5) is 0 Å². The summed E-state index contributed by atoms with van der Waals surface area (Å²) in [4.78, 5) is 150. The van der Waals surface area contributed by atoms with Crippen LogP contribution in [-0.2, 0) is 61.9 Å². The van der Waals surface area contributed by atoms with E-state index in [9.17, 15) is 57.5 Å². The Balaban J connectivity index is 0.000000149. The summed E-state index contributed by atoms with van der Waals surface area (Å²) in [6.07, 6.45) is 49.0. The van der Waals surface area contributed by atoms with Gasteiger partial charge in [-0.1, -0.05) is 164 Å². The molecule has 804 valence electrons. The van der Waals surface area contributed by atoms with Crippen LogP contribution < -0.4 is 23.7 Å². The van der Waals surface area contributed by atoms with Crippen LogP contribution in [0.3, 0.4) is 0 Å². The normalized spacial score (nSPS) is 23.8. The van der Waals surface area contributed by atoms with Crippen molar-refractivity contribution in [3.05, 3.63) is 221 Å². The Kier molecular flexibility index (Phi) is 46.7. The standard InChI is InChI=1S/2C22H30O4.C21H28O4.2C20H26O4.C20H20O4/c1-15-3-7-17(8-4-15)21(23)25-19-11-13-20(14-12-19)26-22(24)18-9-5-16(2)6-10-18;1-15-7-11-17(12-8-15)25-21(23)19-5-3-4-6-20(19)22(24)26-18-13-9-16(2)10-14-18;1-15-12-16(20(22)24-18-8-4-2-5-9-18)14-17(13-15)21(23)25-19-10-6-3-7-11-19;3*21-19(23-15-9-3-1-4-10-15)17-13-7-8-14-18(17)20(22)24-16-11-5-2-6-12-16/h11-18H,3-10H2,1-2H3;3-6,15-18H,7-14H2,1-2H3;12-14,18-19H,2-11H2,1H3;7-8,13-16H,1-6,9-12H2;1,3-4,9-10,16-18H,2,5-8,11-14H2;1-6,9-12,17-18H,7-8,13-14H2. The van der Waals surface area contributed by atoms with Gasteiger partial charge < -0.3 is 56.8 Å². The average molecular weight is 2050 g/mol. The van der Waals surface area contributed by atoms with Gasteiger partial charge in [-0.2, -0.15) is 0 Å². The molecule has 0 amide bonds. The topological polar surface area (TPSA) is 316 Å². The number of carbonyl (C=O) groups is 12. The molecule has 149 heavy (non-hydrogen) atoms. The second-order valence-electron chi connectivity index (χ2n) is 43.5. The first kappa shape index (κ1) is 114. The largest absolute Gasteiger partial charge is 0.462 e. The fourth-order valence-corrected chi connectivity index (χ4v) is 22.3. The van der Waals surface area contributed by atoms with Crippen molar-refractivity contribution < 1.29 is 114 Å². The molecule has 0 heterocycles. The van der Waals surface area contributed by atoms with Gasteiger partial charge in [-0.15, -0.1) is 0 Å². The lowest BCUT2D eigenvalue weighted by atomic mass is 9.79. The molecule has 11 fully saturated rings. The first-order valence-electron chi connectivity index (χ1n) is 56.5. The van der Waals surface area contributed by atoms with Gasteiger partial charge in [-0.3, -0.25) is 28.8 Å². The Morgan fingerprint density at radius 2 is 0.389 bits per heavy atom. The van der Waals surface area contributed by atoms with Crippen molar-refractivity contribution in [1.82, 2.24) is 0 Å². The molecule has 0 bridgehead atoms. The van der Waals surface area contributed by atoms with Gasteiger partial charge in [0.1, 0.15) is 71.5 Å². The Labute approximate surface area is 881 Å². The molecule has 4 atom stereocenters. The first-order valence-corrected chi connectivity index (χ1v) is 56.5. The fourth-order valence-electron chi connectivity index (χ4n) is 22.3. The summed E-state index contributed by atoms with van der Waals surface area (Å²) in [5.41, 5.74) is 3.05. The van der Waals surface area contributed by atoms with Gasteiger partial charge in [0.2, 0.25) is 0 Å². The summed E-state index contributed by atoms with van der Waals surface area (Å²) in [7, 11) is 0. The number of esters is 12. The van der Waals surface area contributed by atoms with E-state index in [1.54, 1.807) is 127 Å². The molecule has 0 saturated heterocycles. The number of aryl methyl sites for hydroxylation is 1. The van der Waals surface area contributed by atoms with Gasteiger partial charge in [0, 0.05) is 0 Å². The molecule has 7 aromatic rings. The zero-order valence-corrected chi connectivity index (χ0v) is 88.6. The van der Waals surface area contributed by atoms with Crippen LogP contribution in [0.25, 0.3) is 0 Å². The van der Waals surface area contributed by atoms with Crippen molar-refractivity contribution in [2.45, 2.75) is 392 Å². The number of hydrogen-bond acceptors (Lipinski definition) is 24. The highest BCUT2D eigenvalue weighted by atomic mass is 16.6. The molecule has 18 rings (SSSR count). The number of rotatable bonds is 24. The summed E-state index contributed by atoms with van der Waals surface area (Å²) in [6, 6.07) is 52.6. The van der Waals surface area contributed by atoms with Gasteiger partial charge in [0.15, 0.2) is 0 Å². The van der Waals surface area contributed by atoms with Gasteiger partial charge >= 0.3 is 71.6 Å². The maximum atomic E-state index is 12.6. The Bertz CT molecular complexity index is 5070. The monoisotopic (exact) mass is 2050 g/mol. The van der Waals surface area contributed by atoms with Crippen molar-refractivity contribution in [3.63, 3.8) is 0 Å². The Morgan fingerprint density at radius 3 is 0.651 bits per heavy atom. The quantitative estimate of drug-likeness (QED) is 0.0308. The average Bonchev–Trinajstić information content (AvgIpc) is 0.835. The Hall–Kier alpha value is -11.8. The summed E-state index contributed by atoms with van der Waals surface area (Å²) < 4.78 is 66.9. The molecule has 24 heteroatoms. The SMILES string of the molecule is CC1CCC(C(=O)Oc2ccc(OC(=O)C3CCC(C)CC3)cc2)CC1.CC1CCC(OC(=O)c2ccccc2C(=O)OC2CCC(C)CC2)CC1.Cc1cc(C(=O)OC2CCCCC2)cc(C(=O)OC2CCCCC2)c1.O=C(OC1CCCCC1)c1ccccc1C(=O)OC1CCCCC1.O=C(Oc1ccccc1)C1CCCCC1C(=O)OC1CCCCC1.O=C(Oc1ccccc1)C1CCCCC1C(=O)Oc1ccccc1. The van der Waals surface area contributed by atoms with Crippen molar-refractivity contribution in [1.29, 1.82) is 0 Å². The minimum Gasteiger partial charge on any atom is -0.462 e. The van der Waals surface area contributed by atoms with Crippen LogP contribution in [0.1, 0.15) is 410 Å². The lowest BCUT2D eigenvalue weighted by Gasteiger charge is -2.30. The third-order valence-electron chi connectivity index (χ3n) is 31.5. The molecule has 0 spiro atoms. The van der Waals surface area contributed by atoms with E-state index in [1.165, 1.54) is 32.1 Å². The minimum atomic E-state index is -0.449. The van der Waals surface area contributed by atoms with Crippen LogP contribution in [0.15, 0.2) is 182 Å². The smallest absolute Gasteiger partial charge is 0.339 e. The molecule has 11 aliphatic rings. The van der Waals surface area contributed by atoms with Gasteiger partial charge in [-0.05, 0) is 396 Å². The van der Waals surface area contributed by atoms with Gasteiger partial charge in [0.05, 0.1) is 68.9 Å². The van der Waals surface area contributed by atoms with Crippen molar-refractivity contribution >= 4 is 71.6 Å². The molecule has 11 aliphatic carbocycles. The number of hydrogen-bond donors (Lipinski definition) is 0.